The molecule has 1 saturated heterocycles. The topological polar surface area (TPSA) is 165 Å². The van der Waals surface area contributed by atoms with Crippen LogP contribution < -0.4 is 14.9 Å². The number of hydrogen-bond donors (Lipinski definition) is 4. The van der Waals surface area contributed by atoms with E-state index in [2.05, 4.69) is 6.08 Å². The Kier molecular flexibility index (Phi) is 10.4. The third-order valence-corrected chi connectivity index (χ3v) is 7.70. The fourth-order valence-electron chi connectivity index (χ4n) is 5.13. The molecule has 1 aromatic heterocycles. The number of phenols is 1. The Morgan fingerprint density at radius 3 is 2.47 bits per heavy atom. The van der Waals surface area contributed by atoms with Crippen LogP contribution in [-0.2, 0) is 20.7 Å². The number of esters is 1. The van der Waals surface area contributed by atoms with E-state index < -0.39 is 43.3 Å². The highest BCUT2D eigenvalue weighted by atomic mass is 16.7. The van der Waals surface area contributed by atoms with Crippen LogP contribution in [0.3, 0.4) is 0 Å². The van der Waals surface area contributed by atoms with Gasteiger partial charge in [-0.25, -0.2) is 4.79 Å². The normalized spacial score (nSPS) is 21.0. The summed E-state index contributed by atoms with van der Waals surface area (Å²) in [6.07, 6.45) is -0.789. The number of hydrogen-bond acceptors (Lipinski definition) is 11. The lowest BCUT2D eigenvalue weighted by molar-refractivity contribution is -0.281. The summed E-state index contributed by atoms with van der Waals surface area (Å²) in [5.74, 6) is 0.0533. The highest BCUT2D eigenvalue weighted by Gasteiger charge is 2.47. The molecule has 3 aromatic carbocycles. The number of benzene rings is 3. The van der Waals surface area contributed by atoms with Gasteiger partial charge in [-0.3, -0.25) is 4.79 Å². The van der Waals surface area contributed by atoms with Crippen molar-refractivity contribution in [3.8, 4) is 28.4 Å². The molecule has 1 aliphatic rings. The molecule has 0 spiro atoms. The van der Waals surface area contributed by atoms with Gasteiger partial charge >= 0.3 is 5.97 Å². The minimum atomic E-state index is -1.66. The van der Waals surface area contributed by atoms with E-state index in [1.165, 1.54) is 42.7 Å². The van der Waals surface area contributed by atoms with Gasteiger partial charge in [0.05, 0.1) is 24.7 Å². The monoisotopic (exact) mass is 644 g/mol. The highest BCUT2D eigenvalue weighted by Crippen LogP contribution is 2.30. The van der Waals surface area contributed by atoms with Crippen molar-refractivity contribution in [2.24, 2.45) is 0 Å². The Morgan fingerprint density at radius 2 is 1.77 bits per heavy atom. The van der Waals surface area contributed by atoms with Gasteiger partial charge in [0.15, 0.2) is 11.5 Å². The maximum absolute atomic E-state index is 13.5. The van der Waals surface area contributed by atoms with Crippen LogP contribution in [0.5, 0.6) is 17.2 Å². The van der Waals surface area contributed by atoms with Gasteiger partial charge in [-0.2, -0.15) is 0 Å². The maximum atomic E-state index is 13.5. The van der Waals surface area contributed by atoms with E-state index >= 15 is 0 Å². The quantitative estimate of drug-likeness (QED) is 0.111. The molecule has 47 heavy (non-hydrogen) atoms. The number of carbonyl (C=O) groups is 1. The molecule has 0 radical (unpaired) electrons. The zero-order valence-electron chi connectivity index (χ0n) is 26.0. The Hall–Kier alpha value is -4.94. The van der Waals surface area contributed by atoms with Crippen LogP contribution in [0.4, 0.5) is 0 Å². The van der Waals surface area contributed by atoms with E-state index in [9.17, 15) is 30.0 Å². The predicted octanol–water partition coefficient (Wildman–Crippen LogP) is 4.13. The second-order valence-corrected chi connectivity index (χ2v) is 11.3. The highest BCUT2D eigenvalue weighted by molar-refractivity contribution is 5.87. The lowest BCUT2D eigenvalue weighted by atomic mass is 9.99. The van der Waals surface area contributed by atoms with Crippen LogP contribution in [0.1, 0.15) is 25.0 Å². The van der Waals surface area contributed by atoms with E-state index in [4.69, 9.17) is 23.4 Å². The largest absolute Gasteiger partial charge is 0.508 e. The minimum Gasteiger partial charge on any atom is -0.508 e. The summed E-state index contributed by atoms with van der Waals surface area (Å²) in [5, 5.41) is 40.7. The van der Waals surface area contributed by atoms with Crippen LogP contribution in [-0.4, -0.2) is 70.8 Å². The van der Waals surface area contributed by atoms with E-state index in [0.717, 1.165) is 17.2 Å². The van der Waals surface area contributed by atoms with Crippen molar-refractivity contribution in [2.75, 3.05) is 13.7 Å². The molecule has 0 saturated carbocycles. The molecule has 5 atom stereocenters. The first-order chi connectivity index (χ1) is 22.6. The zero-order valence-corrected chi connectivity index (χ0v) is 26.0. The molecule has 11 heteroatoms. The van der Waals surface area contributed by atoms with E-state index in [0.29, 0.717) is 28.9 Å². The van der Waals surface area contributed by atoms with Crippen molar-refractivity contribution in [3.63, 3.8) is 0 Å². The molecule has 11 nitrogen and oxygen atoms in total. The molecule has 5 rings (SSSR count). The smallest absolute Gasteiger partial charge is 0.331 e. The molecule has 4 N–H and O–H groups in total. The molecular weight excluding hydrogens is 608 g/mol. The van der Waals surface area contributed by atoms with Gasteiger partial charge < -0.3 is 43.8 Å². The first kappa shape index (κ1) is 33.4. The molecule has 0 amide bonds. The Bertz CT molecular complexity index is 1840. The molecule has 1 aliphatic heterocycles. The van der Waals surface area contributed by atoms with E-state index in [1.807, 2.05) is 26.0 Å². The number of carbonyl (C=O) groups excluding carboxylic acids is 1. The minimum absolute atomic E-state index is 0.0644. The SMILES string of the molecule is COc1ccc(-c2coc3cc(O[C@H]4O[C@@H](CO)[C@H](O)[C@@H](O)[C@H]4OC(=O)/C=C/c4ccc(O)cc4)ccc3c2=O)cc1CC=C(C)C. The summed E-state index contributed by atoms with van der Waals surface area (Å²) < 4.78 is 28.4. The van der Waals surface area contributed by atoms with Gasteiger partial charge in [0.2, 0.25) is 6.29 Å². The van der Waals surface area contributed by atoms with E-state index in [1.54, 1.807) is 25.3 Å². The van der Waals surface area contributed by atoms with Crippen molar-refractivity contribution in [1.82, 2.24) is 0 Å². The van der Waals surface area contributed by atoms with Gasteiger partial charge in [0.1, 0.15) is 47.4 Å². The number of phenolic OH excluding ortho intramolecular Hbond substituents is 1. The van der Waals surface area contributed by atoms with Crippen molar-refractivity contribution in [1.29, 1.82) is 0 Å². The molecule has 2 heterocycles. The number of aromatic hydroxyl groups is 1. The number of aliphatic hydroxyl groups excluding tert-OH is 3. The fourth-order valence-corrected chi connectivity index (χ4v) is 5.13. The van der Waals surface area contributed by atoms with Crippen molar-refractivity contribution in [3.05, 3.63) is 106 Å². The van der Waals surface area contributed by atoms with Gasteiger partial charge in [-0.15, -0.1) is 0 Å². The molecule has 0 aliphatic carbocycles. The van der Waals surface area contributed by atoms with Gasteiger partial charge in [0.25, 0.3) is 0 Å². The van der Waals surface area contributed by atoms with Gasteiger partial charge in [0, 0.05) is 12.1 Å². The lowest BCUT2D eigenvalue weighted by Crippen LogP contribution is -2.61. The number of methoxy groups -OCH3 is 1. The Balaban J connectivity index is 1.39. The molecule has 1 fully saturated rings. The molecule has 246 valence electrons. The molecule has 0 bridgehead atoms. The van der Waals surface area contributed by atoms with Crippen molar-refractivity contribution >= 4 is 23.0 Å². The number of allylic oxidation sites excluding steroid dienone is 2. The number of aliphatic hydroxyl groups is 3. The molecule has 4 aromatic rings. The number of rotatable bonds is 10. The second kappa shape index (κ2) is 14.7. The Morgan fingerprint density at radius 1 is 1.00 bits per heavy atom. The van der Waals surface area contributed by atoms with Crippen molar-refractivity contribution in [2.45, 2.75) is 51.0 Å². The summed E-state index contributed by atoms with van der Waals surface area (Å²) in [4.78, 5) is 26.2. The number of fused-ring (bicyclic) bond motifs is 1. The summed E-state index contributed by atoms with van der Waals surface area (Å²) >= 11 is 0. The fraction of sp³-hybridized carbons (Fsp3) is 0.278. The van der Waals surface area contributed by atoms with Crippen molar-refractivity contribution < 1.29 is 48.6 Å². The average molecular weight is 645 g/mol. The second-order valence-electron chi connectivity index (χ2n) is 11.3. The predicted molar refractivity (Wildman–Crippen MR) is 173 cm³/mol. The number of ether oxygens (including phenoxy) is 4. The average Bonchev–Trinajstić information content (AvgIpc) is 3.06. The summed E-state index contributed by atoms with van der Waals surface area (Å²) in [6, 6.07) is 16.0. The first-order valence-corrected chi connectivity index (χ1v) is 14.9. The Labute approximate surface area is 270 Å². The van der Waals surface area contributed by atoms with Crippen LogP contribution in [0, 0.1) is 0 Å². The van der Waals surface area contributed by atoms with Crippen LogP contribution in [0.25, 0.3) is 28.2 Å². The van der Waals surface area contributed by atoms with Gasteiger partial charge in [-0.05, 0) is 79.4 Å². The third-order valence-electron chi connectivity index (χ3n) is 7.70. The van der Waals surface area contributed by atoms with Crippen LogP contribution >= 0.6 is 0 Å². The zero-order chi connectivity index (χ0) is 33.7. The van der Waals surface area contributed by atoms with Crippen LogP contribution in [0.15, 0.2) is 93.9 Å². The summed E-state index contributed by atoms with van der Waals surface area (Å²) in [6.45, 7) is 3.37. The maximum Gasteiger partial charge on any atom is 0.331 e. The summed E-state index contributed by atoms with van der Waals surface area (Å²) in [7, 11) is 1.60. The molecule has 0 unspecified atom stereocenters. The summed E-state index contributed by atoms with van der Waals surface area (Å²) in [5.41, 5.74) is 3.64. The lowest BCUT2D eigenvalue weighted by Gasteiger charge is -2.41. The van der Waals surface area contributed by atoms with Gasteiger partial charge in [-0.1, -0.05) is 29.8 Å². The third kappa shape index (κ3) is 7.72. The van der Waals surface area contributed by atoms with Crippen LogP contribution in [0.2, 0.25) is 0 Å². The first-order valence-electron chi connectivity index (χ1n) is 14.9. The van der Waals surface area contributed by atoms with E-state index in [-0.39, 0.29) is 27.9 Å². The molecular formula is C36H36O11. The standard InChI is InChI=1S/C36H36O11/c1-20(2)4-8-23-16-22(9-14-28(23)43-3)27-19-44-29-17-25(12-13-26(29)32(27)40)45-36-35(34(42)33(41)30(18-37)46-36)47-31(39)15-7-21-5-10-24(38)11-6-21/h4-7,9-17,19,30,33-38,41-42H,8,18H2,1-3H3/b15-7+/t30-,33-,34+,35+,36-/m0/s1.